The van der Waals surface area contributed by atoms with Crippen molar-refractivity contribution in [1.82, 2.24) is 0 Å². The first kappa shape index (κ1) is 13.3. The number of hydrogen-bond acceptors (Lipinski definition) is 5. The van der Waals surface area contributed by atoms with Gasteiger partial charge in [0.15, 0.2) is 0 Å². The Labute approximate surface area is 100 Å². The summed E-state index contributed by atoms with van der Waals surface area (Å²) in [7, 11) is 4.45. The summed E-state index contributed by atoms with van der Waals surface area (Å²) in [5, 5.41) is 0. The largest absolute Gasteiger partial charge is 0.497 e. The molecule has 0 bridgehead atoms. The van der Waals surface area contributed by atoms with Crippen molar-refractivity contribution < 1.29 is 19.0 Å². The lowest BCUT2D eigenvalue weighted by Crippen LogP contribution is -2.33. The van der Waals surface area contributed by atoms with E-state index in [1.54, 1.807) is 26.4 Å². The fourth-order valence-electron chi connectivity index (χ4n) is 1.49. The number of rotatable bonds is 5. The summed E-state index contributed by atoms with van der Waals surface area (Å²) in [4.78, 5) is 11.2. The molecule has 2 N–H and O–H groups in total. The van der Waals surface area contributed by atoms with Crippen LogP contribution in [0.2, 0.25) is 0 Å². The number of benzene rings is 1. The van der Waals surface area contributed by atoms with Gasteiger partial charge in [0.05, 0.1) is 21.3 Å². The van der Waals surface area contributed by atoms with Crippen LogP contribution in [-0.4, -0.2) is 33.3 Å². The third-order valence-corrected chi connectivity index (χ3v) is 2.44. The van der Waals surface area contributed by atoms with E-state index in [4.69, 9.17) is 15.2 Å². The van der Waals surface area contributed by atoms with Gasteiger partial charge in [0.1, 0.15) is 17.5 Å². The third kappa shape index (κ3) is 3.35. The summed E-state index contributed by atoms with van der Waals surface area (Å²) in [6.45, 7) is 0. The van der Waals surface area contributed by atoms with Gasteiger partial charge in [-0.15, -0.1) is 0 Å². The molecule has 0 saturated carbocycles. The van der Waals surface area contributed by atoms with Gasteiger partial charge in [0.25, 0.3) is 0 Å². The first-order valence-electron chi connectivity index (χ1n) is 5.16. The van der Waals surface area contributed by atoms with Crippen LogP contribution in [0, 0.1) is 0 Å². The number of methoxy groups -OCH3 is 3. The van der Waals surface area contributed by atoms with Gasteiger partial charge in [-0.25, -0.2) is 0 Å². The molecule has 0 amide bonds. The predicted octanol–water partition coefficient (Wildman–Crippen LogP) is 0.747. The normalized spacial score (nSPS) is 11.8. The minimum atomic E-state index is -0.692. The van der Waals surface area contributed by atoms with Crippen molar-refractivity contribution in [3.63, 3.8) is 0 Å². The average molecular weight is 239 g/mol. The van der Waals surface area contributed by atoms with Crippen molar-refractivity contribution >= 4 is 5.97 Å². The first-order valence-corrected chi connectivity index (χ1v) is 5.16. The van der Waals surface area contributed by atoms with Crippen LogP contribution in [-0.2, 0) is 16.0 Å². The topological polar surface area (TPSA) is 70.8 Å². The van der Waals surface area contributed by atoms with Crippen molar-refractivity contribution in [1.29, 1.82) is 0 Å². The Morgan fingerprint density at radius 1 is 1.29 bits per heavy atom. The van der Waals surface area contributed by atoms with Gasteiger partial charge in [-0.2, -0.15) is 0 Å². The van der Waals surface area contributed by atoms with E-state index in [2.05, 4.69) is 4.74 Å². The molecule has 0 aliphatic rings. The number of carbonyl (C=O) groups excluding carboxylic acids is 1. The summed E-state index contributed by atoms with van der Waals surface area (Å²) >= 11 is 0. The van der Waals surface area contributed by atoms with Gasteiger partial charge in [-0.05, 0) is 11.6 Å². The molecule has 0 aliphatic heterocycles. The van der Waals surface area contributed by atoms with Crippen LogP contribution in [0.5, 0.6) is 11.5 Å². The zero-order valence-corrected chi connectivity index (χ0v) is 10.2. The van der Waals surface area contributed by atoms with Crippen LogP contribution in [0.1, 0.15) is 5.56 Å². The van der Waals surface area contributed by atoms with Crippen LogP contribution in [0.4, 0.5) is 0 Å². The molecule has 0 fully saturated rings. The fourth-order valence-corrected chi connectivity index (χ4v) is 1.49. The smallest absolute Gasteiger partial charge is 0.322 e. The van der Waals surface area contributed by atoms with E-state index in [0.29, 0.717) is 17.9 Å². The standard InChI is InChI=1S/C12H17NO4/c1-15-9-5-4-8(11(7-9)16-2)6-10(13)12(14)17-3/h4-5,7,10H,6,13H2,1-3H3/t10-/m0/s1. The molecule has 94 valence electrons. The van der Waals surface area contributed by atoms with E-state index in [-0.39, 0.29) is 0 Å². The van der Waals surface area contributed by atoms with Crippen molar-refractivity contribution in [2.45, 2.75) is 12.5 Å². The molecule has 0 saturated heterocycles. The Hall–Kier alpha value is -1.75. The number of esters is 1. The van der Waals surface area contributed by atoms with Crippen LogP contribution >= 0.6 is 0 Å². The average Bonchev–Trinajstić information content (AvgIpc) is 2.37. The zero-order chi connectivity index (χ0) is 12.8. The monoisotopic (exact) mass is 239 g/mol. The molecular weight excluding hydrogens is 222 g/mol. The van der Waals surface area contributed by atoms with Gasteiger partial charge >= 0.3 is 5.97 Å². The highest BCUT2D eigenvalue weighted by molar-refractivity contribution is 5.75. The number of nitrogens with two attached hydrogens (primary N) is 1. The molecule has 0 radical (unpaired) electrons. The van der Waals surface area contributed by atoms with E-state index < -0.39 is 12.0 Å². The highest BCUT2D eigenvalue weighted by atomic mass is 16.5. The quantitative estimate of drug-likeness (QED) is 0.768. The second-order valence-corrected chi connectivity index (χ2v) is 3.51. The first-order chi connectivity index (χ1) is 8.12. The molecule has 0 heterocycles. The third-order valence-electron chi connectivity index (χ3n) is 2.44. The van der Waals surface area contributed by atoms with Crippen LogP contribution in [0.15, 0.2) is 18.2 Å². The maximum Gasteiger partial charge on any atom is 0.322 e. The molecule has 0 spiro atoms. The molecule has 1 aromatic rings. The molecular formula is C12H17NO4. The second-order valence-electron chi connectivity index (χ2n) is 3.51. The lowest BCUT2D eigenvalue weighted by molar-refractivity contribution is -0.142. The van der Waals surface area contributed by atoms with Crippen LogP contribution in [0.25, 0.3) is 0 Å². The SMILES string of the molecule is COC(=O)[C@@H](N)Cc1ccc(OC)cc1OC. The minimum absolute atomic E-state index is 0.361. The minimum Gasteiger partial charge on any atom is -0.497 e. The van der Waals surface area contributed by atoms with Crippen LogP contribution in [0.3, 0.4) is 0 Å². The van der Waals surface area contributed by atoms with Crippen LogP contribution < -0.4 is 15.2 Å². The van der Waals surface area contributed by atoms with E-state index in [9.17, 15) is 4.79 Å². The van der Waals surface area contributed by atoms with Gasteiger partial charge < -0.3 is 19.9 Å². The summed E-state index contributed by atoms with van der Waals surface area (Å²) in [5.74, 6) is 0.892. The Morgan fingerprint density at radius 2 is 2.00 bits per heavy atom. The van der Waals surface area contributed by atoms with Crippen molar-refractivity contribution in [2.75, 3.05) is 21.3 Å². The van der Waals surface area contributed by atoms with Gasteiger partial charge in [-0.3, -0.25) is 4.79 Å². The lowest BCUT2D eigenvalue weighted by Gasteiger charge is -2.13. The molecule has 5 nitrogen and oxygen atoms in total. The highest BCUT2D eigenvalue weighted by Gasteiger charge is 2.16. The molecule has 0 aromatic heterocycles. The summed E-state index contributed by atoms with van der Waals surface area (Å²) in [6, 6.07) is 4.67. The summed E-state index contributed by atoms with van der Waals surface area (Å²) < 4.78 is 14.9. The van der Waals surface area contributed by atoms with E-state index in [1.165, 1.54) is 7.11 Å². The Balaban J connectivity index is 2.87. The van der Waals surface area contributed by atoms with E-state index in [0.717, 1.165) is 5.56 Å². The number of ether oxygens (including phenoxy) is 3. The number of carbonyl (C=O) groups is 1. The van der Waals surface area contributed by atoms with Gasteiger partial charge in [0, 0.05) is 12.5 Å². The summed E-state index contributed by atoms with van der Waals surface area (Å²) in [5.41, 5.74) is 6.53. The molecule has 0 aliphatic carbocycles. The van der Waals surface area contributed by atoms with E-state index in [1.807, 2.05) is 6.07 Å². The van der Waals surface area contributed by atoms with E-state index >= 15 is 0 Å². The second kappa shape index (κ2) is 6.10. The van der Waals surface area contributed by atoms with Gasteiger partial charge in [0.2, 0.25) is 0 Å². The van der Waals surface area contributed by atoms with Crippen molar-refractivity contribution in [2.24, 2.45) is 5.73 Å². The molecule has 1 atom stereocenters. The maximum atomic E-state index is 11.2. The van der Waals surface area contributed by atoms with Crippen molar-refractivity contribution in [3.8, 4) is 11.5 Å². The molecule has 0 unspecified atom stereocenters. The molecule has 5 heteroatoms. The van der Waals surface area contributed by atoms with Crippen molar-refractivity contribution in [3.05, 3.63) is 23.8 Å². The Kier molecular flexibility index (Phi) is 4.78. The molecule has 1 rings (SSSR count). The Bertz CT molecular complexity index is 392. The summed E-state index contributed by atoms with van der Waals surface area (Å²) in [6.07, 6.45) is 0.361. The lowest BCUT2D eigenvalue weighted by atomic mass is 10.1. The highest BCUT2D eigenvalue weighted by Crippen LogP contribution is 2.25. The fraction of sp³-hybridized carbons (Fsp3) is 0.417. The zero-order valence-electron chi connectivity index (χ0n) is 10.2. The molecule has 1 aromatic carbocycles. The predicted molar refractivity (Wildman–Crippen MR) is 63.2 cm³/mol. The maximum absolute atomic E-state index is 11.2. The van der Waals surface area contributed by atoms with Gasteiger partial charge in [-0.1, -0.05) is 6.07 Å². The number of hydrogen-bond donors (Lipinski definition) is 1. The molecule has 17 heavy (non-hydrogen) atoms. The Morgan fingerprint density at radius 3 is 2.53 bits per heavy atom.